The summed E-state index contributed by atoms with van der Waals surface area (Å²) in [7, 11) is 0. The summed E-state index contributed by atoms with van der Waals surface area (Å²) in [5, 5.41) is 11.5. The zero-order valence-corrected chi connectivity index (χ0v) is 10.6. The number of piperidine rings is 1. The van der Waals surface area contributed by atoms with E-state index in [1.807, 2.05) is 0 Å². The molecule has 0 bridgehead atoms. The highest BCUT2D eigenvalue weighted by Crippen LogP contribution is 2.24. The van der Waals surface area contributed by atoms with E-state index < -0.39 is 36.7 Å². The number of hydrogen-bond donors (Lipinski definition) is 2. The molecule has 1 fully saturated rings. The lowest BCUT2D eigenvalue weighted by molar-refractivity contribution is -0.169. The van der Waals surface area contributed by atoms with Gasteiger partial charge in [0.05, 0.1) is 5.54 Å². The van der Waals surface area contributed by atoms with Crippen molar-refractivity contribution in [3.05, 3.63) is 0 Å². The van der Waals surface area contributed by atoms with E-state index in [0.717, 1.165) is 12.8 Å². The van der Waals surface area contributed by atoms with Crippen LogP contribution in [0.3, 0.4) is 0 Å². The summed E-state index contributed by atoms with van der Waals surface area (Å²) in [6.07, 6.45) is -2.64. The molecule has 5 nitrogen and oxygen atoms in total. The quantitative estimate of drug-likeness (QED) is 0.807. The smallest absolute Gasteiger partial charge is 0.406 e. The van der Waals surface area contributed by atoms with E-state index in [2.05, 4.69) is 5.32 Å². The predicted octanol–water partition coefficient (Wildman–Crippen LogP) is 0.994. The number of aliphatic carboxylic acids is 1. The Bertz CT molecular complexity index is 352. The van der Waals surface area contributed by atoms with E-state index >= 15 is 0 Å². The summed E-state index contributed by atoms with van der Waals surface area (Å²) < 4.78 is 37.2. The van der Waals surface area contributed by atoms with E-state index in [4.69, 9.17) is 5.11 Å². The van der Waals surface area contributed by atoms with Gasteiger partial charge in [0.2, 0.25) is 5.91 Å². The second-order valence-electron chi connectivity index (χ2n) is 4.89. The lowest BCUT2D eigenvalue weighted by atomic mass is 9.89. The summed E-state index contributed by atoms with van der Waals surface area (Å²) in [6, 6.07) is 0. The molecule has 1 heterocycles. The van der Waals surface area contributed by atoms with Crippen LogP contribution >= 0.6 is 0 Å². The molecule has 1 amide bonds. The number of nitrogens with zero attached hydrogens (tertiary/aromatic N) is 1. The van der Waals surface area contributed by atoms with E-state index in [1.54, 1.807) is 0 Å². The Balaban J connectivity index is 2.83. The third kappa shape index (κ3) is 4.70. The fraction of sp³-hybridized carbons (Fsp3) is 0.818. The van der Waals surface area contributed by atoms with E-state index in [9.17, 15) is 22.8 Å². The number of carboxylic acids is 1. The third-order valence-corrected chi connectivity index (χ3v) is 3.07. The van der Waals surface area contributed by atoms with Crippen LogP contribution in [0.1, 0.15) is 26.2 Å². The first kappa shape index (κ1) is 15.7. The Morgan fingerprint density at radius 1 is 1.37 bits per heavy atom. The average molecular weight is 282 g/mol. The zero-order valence-electron chi connectivity index (χ0n) is 10.6. The Morgan fingerprint density at radius 3 is 2.42 bits per heavy atom. The number of alkyl halides is 3. The number of carboxylic acid groups (broad SMARTS) is 1. The summed E-state index contributed by atoms with van der Waals surface area (Å²) in [4.78, 5) is 23.1. The number of halogens is 3. The van der Waals surface area contributed by atoms with Crippen LogP contribution in [0.5, 0.6) is 0 Å². The Morgan fingerprint density at radius 2 is 2.00 bits per heavy atom. The molecular weight excluding hydrogens is 265 g/mol. The first-order valence-electron chi connectivity index (χ1n) is 5.97. The van der Waals surface area contributed by atoms with Crippen molar-refractivity contribution in [2.24, 2.45) is 0 Å². The van der Waals surface area contributed by atoms with Crippen LogP contribution < -0.4 is 5.32 Å². The highest BCUT2D eigenvalue weighted by molar-refractivity contribution is 5.88. The lowest BCUT2D eigenvalue weighted by Crippen LogP contribution is -2.59. The van der Waals surface area contributed by atoms with Gasteiger partial charge in [0.1, 0.15) is 13.1 Å². The first-order valence-corrected chi connectivity index (χ1v) is 5.97. The molecule has 1 saturated heterocycles. The highest BCUT2D eigenvalue weighted by atomic mass is 19.4. The van der Waals surface area contributed by atoms with Crippen molar-refractivity contribution in [1.82, 2.24) is 10.2 Å². The summed E-state index contributed by atoms with van der Waals surface area (Å²) in [5.74, 6) is -2.27. The number of hydrogen-bond acceptors (Lipinski definition) is 3. The molecule has 1 unspecified atom stereocenters. The van der Waals surface area contributed by atoms with E-state index in [0.29, 0.717) is 17.9 Å². The normalized spacial score (nSPS) is 24.0. The zero-order chi connectivity index (χ0) is 14.7. The number of amides is 1. The van der Waals surface area contributed by atoms with Gasteiger partial charge in [-0.25, -0.2) is 0 Å². The number of carbonyl (C=O) groups is 2. The second-order valence-corrected chi connectivity index (χ2v) is 4.89. The predicted molar refractivity (Wildman–Crippen MR) is 60.5 cm³/mol. The van der Waals surface area contributed by atoms with Crippen LogP contribution in [-0.2, 0) is 9.59 Å². The molecule has 0 spiro atoms. The highest BCUT2D eigenvalue weighted by Gasteiger charge is 2.42. The van der Waals surface area contributed by atoms with Crippen molar-refractivity contribution in [1.29, 1.82) is 0 Å². The molecule has 1 atom stereocenters. The monoisotopic (exact) mass is 282 g/mol. The van der Waals surface area contributed by atoms with Gasteiger partial charge in [0.25, 0.3) is 0 Å². The first-order chi connectivity index (χ1) is 8.64. The minimum atomic E-state index is -4.61. The maximum absolute atomic E-state index is 12.4. The molecule has 2 N–H and O–H groups in total. The third-order valence-electron chi connectivity index (χ3n) is 3.07. The van der Waals surface area contributed by atoms with Crippen LogP contribution in [-0.4, -0.2) is 53.2 Å². The van der Waals surface area contributed by atoms with Gasteiger partial charge in [-0.3, -0.25) is 9.59 Å². The summed E-state index contributed by atoms with van der Waals surface area (Å²) in [5.41, 5.74) is -1.11. The maximum Gasteiger partial charge on any atom is 0.406 e. The standard InChI is InChI=1S/C11H17F3N2O3/c1-10(4-2-3-5-15-10)9(19)16(6-8(17)18)7-11(12,13)14/h15H,2-7H2,1H3,(H,17,18). The molecule has 0 aromatic rings. The fourth-order valence-corrected chi connectivity index (χ4v) is 2.17. The van der Waals surface area contributed by atoms with Crippen molar-refractivity contribution in [3.63, 3.8) is 0 Å². The molecule has 0 radical (unpaired) electrons. The van der Waals surface area contributed by atoms with Gasteiger partial charge in [-0.05, 0) is 32.7 Å². The Hall–Kier alpha value is -1.31. The van der Waals surface area contributed by atoms with Crippen LogP contribution in [0.25, 0.3) is 0 Å². The van der Waals surface area contributed by atoms with Crippen LogP contribution in [0.2, 0.25) is 0 Å². The number of nitrogens with one attached hydrogen (secondary N) is 1. The molecule has 1 aliphatic rings. The average Bonchev–Trinajstić information content (AvgIpc) is 2.25. The molecule has 0 aromatic heterocycles. The van der Waals surface area contributed by atoms with Crippen molar-refractivity contribution >= 4 is 11.9 Å². The fourth-order valence-electron chi connectivity index (χ4n) is 2.17. The van der Waals surface area contributed by atoms with Crippen molar-refractivity contribution in [3.8, 4) is 0 Å². The Labute approximate surface area is 108 Å². The van der Waals surface area contributed by atoms with Gasteiger partial charge < -0.3 is 15.3 Å². The molecule has 1 aliphatic heterocycles. The molecule has 0 saturated carbocycles. The van der Waals surface area contributed by atoms with Gasteiger partial charge in [-0.15, -0.1) is 0 Å². The van der Waals surface area contributed by atoms with Crippen LogP contribution in [0, 0.1) is 0 Å². The summed E-state index contributed by atoms with van der Waals surface area (Å²) in [6.45, 7) is -0.445. The molecule has 0 aromatic carbocycles. The number of carbonyl (C=O) groups excluding carboxylic acids is 1. The lowest BCUT2D eigenvalue weighted by Gasteiger charge is -2.37. The van der Waals surface area contributed by atoms with Crippen molar-refractivity contribution in [2.75, 3.05) is 19.6 Å². The SMILES string of the molecule is CC1(C(=O)N(CC(=O)O)CC(F)(F)F)CCCCN1. The summed E-state index contributed by atoms with van der Waals surface area (Å²) >= 11 is 0. The maximum atomic E-state index is 12.4. The van der Waals surface area contributed by atoms with Crippen molar-refractivity contribution < 1.29 is 27.9 Å². The number of rotatable bonds is 4. The van der Waals surface area contributed by atoms with Gasteiger partial charge in [-0.2, -0.15) is 13.2 Å². The van der Waals surface area contributed by atoms with E-state index in [-0.39, 0.29) is 0 Å². The molecule has 0 aliphatic carbocycles. The van der Waals surface area contributed by atoms with Crippen LogP contribution in [0.4, 0.5) is 13.2 Å². The topological polar surface area (TPSA) is 69.6 Å². The molecule has 19 heavy (non-hydrogen) atoms. The minimum Gasteiger partial charge on any atom is -0.480 e. The second kappa shape index (κ2) is 5.77. The minimum absolute atomic E-state index is 0.348. The molecular formula is C11H17F3N2O3. The van der Waals surface area contributed by atoms with Crippen molar-refractivity contribution in [2.45, 2.75) is 37.9 Å². The van der Waals surface area contributed by atoms with E-state index in [1.165, 1.54) is 6.92 Å². The molecule has 110 valence electrons. The van der Waals surface area contributed by atoms with Crippen LogP contribution in [0.15, 0.2) is 0 Å². The van der Waals surface area contributed by atoms with Gasteiger partial charge in [-0.1, -0.05) is 0 Å². The largest absolute Gasteiger partial charge is 0.480 e. The molecule has 1 rings (SSSR count). The van der Waals surface area contributed by atoms with Gasteiger partial charge >= 0.3 is 12.1 Å². The molecule has 8 heteroatoms. The van der Waals surface area contributed by atoms with Gasteiger partial charge in [0.15, 0.2) is 0 Å². The van der Waals surface area contributed by atoms with Gasteiger partial charge in [0, 0.05) is 0 Å². The Kier molecular flexibility index (Phi) is 4.78.